The molecule has 0 aromatic rings. The van der Waals surface area contributed by atoms with Crippen LogP contribution >= 0.6 is 0 Å². The second kappa shape index (κ2) is 5.16. The summed E-state index contributed by atoms with van der Waals surface area (Å²) < 4.78 is 5.20. The van der Waals surface area contributed by atoms with E-state index in [1.54, 1.807) is 7.11 Å². The van der Waals surface area contributed by atoms with Gasteiger partial charge in [0.25, 0.3) is 0 Å². The van der Waals surface area contributed by atoms with Crippen LogP contribution in [0, 0.1) is 23.2 Å². The molecule has 2 rings (SSSR count). The molecule has 3 atom stereocenters. The SMILES string of the molecule is C=C1CCCC(COC)C(=O)C[C@@H]2C1CC2(C)C. The molecule has 0 aromatic carbocycles. The minimum Gasteiger partial charge on any atom is -0.384 e. The monoisotopic (exact) mass is 250 g/mol. The topological polar surface area (TPSA) is 26.3 Å². The highest BCUT2D eigenvalue weighted by atomic mass is 16.5. The Kier molecular flexibility index (Phi) is 3.96. The number of fused-ring (bicyclic) bond motifs is 1. The summed E-state index contributed by atoms with van der Waals surface area (Å²) >= 11 is 0. The zero-order chi connectivity index (χ0) is 13.3. The molecule has 0 bridgehead atoms. The number of hydrogen-bond acceptors (Lipinski definition) is 2. The summed E-state index contributed by atoms with van der Waals surface area (Å²) in [6.45, 7) is 9.42. The van der Waals surface area contributed by atoms with Crippen molar-refractivity contribution in [1.29, 1.82) is 0 Å². The third kappa shape index (κ3) is 2.54. The van der Waals surface area contributed by atoms with Crippen molar-refractivity contribution < 1.29 is 9.53 Å². The quantitative estimate of drug-likeness (QED) is 0.700. The first-order chi connectivity index (χ1) is 8.45. The molecular weight excluding hydrogens is 224 g/mol. The number of rotatable bonds is 2. The van der Waals surface area contributed by atoms with Crippen molar-refractivity contribution in [1.82, 2.24) is 0 Å². The maximum atomic E-state index is 12.4. The molecule has 2 nitrogen and oxygen atoms in total. The fourth-order valence-electron chi connectivity index (χ4n) is 3.77. The Labute approximate surface area is 111 Å². The van der Waals surface area contributed by atoms with E-state index in [4.69, 9.17) is 4.74 Å². The minimum atomic E-state index is 0.109. The van der Waals surface area contributed by atoms with Crippen LogP contribution in [-0.2, 0) is 9.53 Å². The van der Waals surface area contributed by atoms with Crippen LogP contribution in [0.3, 0.4) is 0 Å². The van der Waals surface area contributed by atoms with Crippen molar-refractivity contribution in [2.24, 2.45) is 23.2 Å². The average molecular weight is 250 g/mol. The van der Waals surface area contributed by atoms with Crippen LogP contribution < -0.4 is 0 Å². The maximum Gasteiger partial charge on any atom is 0.138 e. The van der Waals surface area contributed by atoms with Gasteiger partial charge in [0.2, 0.25) is 0 Å². The van der Waals surface area contributed by atoms with Crippen LogP contribution in [0.2, 0.25) is 0 Å². The second-order valence-electron chi connectivity index (χ2n) is 6.78. The number of methoxy groups -OCH3 is 1. The predicted octanol–water partition coefficient (Wildman–Crippen LogP) is 3.61. The Balaban J connectivity index is 2.12. The molecule has 2 aliphatic rings. The first-order valence-corrected chi connectivity index (χ1v) is 7.15. The van der Waals surface area contributed by atoms with E-state index in [-0.39, 0.29) is 5.92 Å². The molecule has 0 aliphatic heterocycles. The van der Waals surface area contributed by atoms with Crippen LogP contribution in [0.15, 0.2) is 12.2 Å². The highest BCUT2D eigenvalue weighted by Crippen LogP contribution is 2.56. The molecule has 102 valence electrons. The van der Waals surface area contributed by atoms with Gasteiger partial charge in [-0.05, 0) is 42.9 Å². The third-order valence-electron chi connectivity index (χ3n) is 5.05. The summed E-state index contributed by atoms with van der Waals surface area (Å²) in [5.41, 5.74) is 1.69. The summed E-state index contributed by atoms with van der Waals surface area (Å²) in [6.07, 6.45) is 5.07. The standard InChI is InChI=1S/C16H26O2/c1-11-6-5-7-12(10-18-4)15(17)8-14-13(11)9-16(14,2)3/h12-14H,1,5-10H2,2-4H3/t12?,13?,14-/m1/s1. The molecule has 0 aromatic heterocycles. The van der Waals surface area contributed by atoms with E-state index >= 15 is 0 Å². The Morgan fingerprint density at radius 2 is 2.17 bits per heavy atom. The number of ketones is 1. The first kappa shape index (κ1) is 13.8. The molecule has 0 radical (unpaired) electrons. The van der Waals surface area contributed by atoms with E-state index in [0.717, 1.165) is 25.7 Å². The smallest absolute Gasteiger partial charge is 0.138 e. The van der Waals surface area contributed by atoms with Gasteiger partial charge in [0.15, 0.2) is 0 Å². The van der Waals surface area contributed by atoms with Gasteiger partial charge in [0.05, 0.1) is 6.61 Å². The van der Waals surface area contributed by atoms with Crippen molar-refractivity contribution in [3.05, 3.63) is 12.2 Å². The molecule has 0 saturated heterocycles. The maximum absolute atomic E-state index is 12.4. The van der Waals surface area contributed by atoms with Gasteiger partial charge in [-0.1, -0.05) is 26.0 Å². The first-order valence-electron chi connectivity index (χ1n) is 7.15. The highest BCUT2D eigenvalue weighted by molar-refractivity contribution is 5.81. The van der Waals surface area contributed by atoms with Crippen LogP contribution in [0.1, 0.15) is 46.0 Å². The van der Waals surface area contributed by atoms with Gasteiger partial charge in [-0.25, -0.2) is 0 Å². The molecule has 2 heteroatoms. The van der Waals surface area contributed by atoms with Crippen molar-refractivity contribution in [3.8, 4) is 0 Å². The predicted molar refractivity (Wildman–Crippen MR) is 73.4 cm³/mol. The highest BCUT2D eigenvalue weighted by Gasteiger charge is 2.49. The van der Waals surface area contributed by atoms with Crippen molar-refractivity contribution in [2.75, 3.05) is 13.7 Å². The van der Waals surface area contributed by atoms with Gasteiger partial charge in [-0.2, -0.15) is 0 Å². The molecular formula is C16H26O2. The van der Waals surface area contributed by atoms with Crippen molar-refractivity contribution in [2.45, 2.75) is 46.0 Å². The van der Waals surface area contributed by atoms with Gasteiger partial charge in [-0.3, -0.25) is 4.79 Å². The lowest BCUT2D eigenvalue weighted by atomic mass is 9.52. The van der Waals surface area contributed by atoms with Crippen LogP contribution in [0.4, 0.5) is 0 Å². The molecule has 0 heterocycles. The average Bonchev–Trinajstić information content (AvgIpc) is 2.35. The zero-order valence-corrected chi connectivity index (χ0v) is 12.0. The Morgan fingerprint density at radius 3 is 2.78 bits per heavy atom. The molecule has 2 aliphatic carbocycles. The van der Waals surface area contributed by atoms with Crippen LogP contribution in [-0.4, -0.2) is 19.5 Å². The normalized spacial score (nSPS) is 36.1. The van der Waals surface area contributed by atoms with Gasteiger partial charge < -0.3 is 4.74 Å². The zero-order valence-electron chi connectivity index (χ0n) is 12.0. The van der Waals surface area contributed by atoms with Crippen molar-refractivity contribution in [3.63, 3.8) is 0 Å². The summed E-state index contributed by atoms with van der Waals surface area (Å²) in [7, 11) is 1.69. The number of Topliss-reactive ketones (excluding diaryl/α,β-unsaturated/α-hetero) is 1. The lowest BCUT2D eigenvalue weighted by molar-refractivity contribution is -0.129. The van der Waals surface area contributed by atoms with Gasteiger partial charge >= 0.3 is 0 Å². The lowest BCUT2D eigenvalue weighted by Crippen LogP contribution is -2.46. The second-order valence-corrected chi connectivity index (χ2v) is 6.78. The Morgan fingerprint density at radius 1 is 1.44 bits per heavy atom. The molecule has 2 fully saturated rings. The van der Waals surface area contributed by atoms with Gasteiger partial charge in [0, 0.05) is 19.4 Å². The van der Waals surface area contributed by atoms with Crippen LogP contribution in [0.25, 0.3) is 0 Å². The van der Waals surface area contributed by atoms with E-state index in [0.29, 0.717) is 29.6 Å². The number of hydrogen-bond donors (Lipinski definition) is 0. The Bertz CT molecular complexity index is 343. The third-order valence-corrected chi connectivity index (χ3v) is 5.05. The van der Waals surface area contributed by atoms with E-state index < -0.39 is 0 Å². The van der Waals surface area contributed by atoms with E-state index in [9.17, 15) is 4.79 Å². The molecule has 0 N–H and O–H groups in total. The molecule has 2 saturated carbocycles. The van der Waals surface area contributed by atoms with E-state index in [1.165, 1.54) is 12.0 Å². The van der Waals surface area contributed by atoms with E-state index in [2.05, 4.69) is 20.4 Å². The Hall–Kier alpha value is -0.630. The molecule has 18 heavy (non-hydrogen) atoms. The van der Waals surface area contributed by atoms with Gasteiger partial charge in [-0.15, -0.1) is 0 Å². The summed E-state index contributed by atoms with van der Waals surface area (Å²) in [5, 5.41) is 0. The fourth-order valence-corrected chi connectivity index (χ4v) is 3.77. The fraction of sp³-hybridized carbons (Fsp3) is 0.812. The van der Waals surface area contributed by atoms with E-state index in [1.807, 2.05) is 0 Å². The summed E-state index contributed by atoms with van der Waals surface area (Å²) in [6, 6.07) is 0. The number of ether oxygens (including phenoxy) is 1. The number of carbonyl (C=O) groups is 1. The number of carbonyl (C=O) groups excluding carboxylic acids is 1. The van der Waals surface area contributed by atoms with Gasteiger partial charge in [0.1, 0.15) is 5.78 Å². The van der Waals surface area contributed by atoms with Crippen molar-refractivity contribution >= 4 is 5.78 Å². The molecule has 2 unspecified atom stereocenters. The number of allylic oxidation sites excluding steroid dienone is 1. The lowest BCUT2D eigenvalue weighted by Gasteiger charge is -2.52. The molecule has 0 amide bonds. The largest absolute Gasteiger partial charge is 0.384 e. The van der Waals surface area contributed by atoms with Crippen LogP contribution in [0.5, 0.6) is 0 Å². The minimum absolute atomic E-state index is 0.109. The molecule has 0 spiro atoms. The summed E-state index contributed by atoms with van der Waals surface area (Å²) in [4.78, 5) is 12.4. The summed E-state index contributed by atoms with van der Waals surface area (Å²) in [5.74, 6) is 1.62.